The minimum atomic E-state index is -0.473. The zero-order valence-electron chi connectivity index (χ0n) is 8.53. The van der Waals surface area contributed by atoms with Crippen LogP contribution in [0.2, 0.25) is 0 Å². The fourth-order valence-corrected chi connectivity index (χ4v) is 1.83. The molecule has 1 aromatic heterocycles. The van der Waals surface area contributed by atoms with E-state index in [0.717, 1.165) is 6.29 Å². The zero-order valence-corrected chi connectivity index (χ0v) is 9.35. The molecule has 0 saturated carbocycles. The SMILES string of the molecule is O=Cc1cc(Oc2ccc([N+](=O)[O-])cc2)cs1. The normalized spacial score (nSPS) is 9.88. The first-order valence-corrected chi connectivity index (χ1v) is 5.53. The summed E-state index contributed by atoms with van der Waals surface area (Å²) in [5.74, 6) is 1.04. The molecule has 6 heteroatoms. The Bertz CT molecular complexity index is 547. The van der Waals surface area contributed by atoms with Gasteiger partial charge < -0.3 is 4.74 Å². The first-order chi connectivity index (χ1) is 8.19. The lowest BCUT2D eigenvalue weighted by Gasteiger charge is -2.01. The Hall–Kier alpha value is -2.21. The third kappa shape index (κ3) is 2.67. The first kappa shape index (κ1) is 11.3. The van der Waals surface area contributed by atoms with Crippen LogP contribution in [0.25, 0.3) is 0 Å². The molecule has 0 aliphatic rings. The van der Waals surface area contributed by atoms with Gasteiger partial charge in [-0.05, 0) is 12.1 Å². The highest BCUT2D eigenvalue weighted by atomic mass is 32.1. The van der Waals surface area contributed by atoms with E-state index in [4.69, 9.17) is 4.74 Å². The molecule has 0 fully saturated rings. The number of rotatable bonds is 4. The van der Waals surface area contributed by atoms with Gasteiger partial charge in [-0.3, -0.25) is 14.9 Å². The van der Waals surface area contributed by atoms with Gasteiger partial charge in [-0.25, -0.2) is 0 Å². The Morgan fingerprint density at radius 1 is 1.24 bits per heavy atom. The molecule has 0 N–H and O–H groups in total. The molecule has 0 amide bonds. The van der Waals surface area contributed by atoms with E-state index < -0.39 is 4.92 Å². The van der Waals surface area contributed by atoms with Crippen LogP contribution in [0.15, 0.2) is 35.7 Å². The number of non-ortho nitro benzene ring substituents is 1. The lowest BCUT2D eigenvalue weighted by molar-refractivity contribution is -0.384. The summed E-state index contributed by atoms with van der Waals surface area (Å²) in [5, 5.41) is 12.1. The molecule has 0 aliphatic heterocycles. The molecule has 0 spiro atoms. The van der Waals surface area contributed by atoms with Gasteiger partial charge in [-0.1, -0.05) is 0 Å². The average Bonchev–Trinajstić information content (AvgIpc) is 2.77. The fraction of sp³-hybridized carbons (Fsp3) is 0. The van der Waals surface area contributed by atoms with Crippen molar-refractivity contribution >= 4 is 23.3 Å². The average molecular weight is 249 g/mol. The van der Waals surface area contributed by atoms with E-state index in [1.165, 1.54) is 35.6 Å². The van der Waals surface area contributed by atoms with E-state index in [2.05, 4.69) is 0 Å². The van der Waals surface area contributed by atoms with E-state index in [0.29, 0.717) is 16.4 Å². The molecule has 0 aliphatic carbocycles. The van der Waals surface area contributed by atoms with Gasteiger partial charge >= 0.3 is 0 Å². The number of aldehydes is 1. The Morgan fingerprint density at radius 3 is 2.47 bits per heavy atom. The van der Waals surface area contributed by atoms with Crippen LogP contribution >= 0.6 is 11.3 Å². The van der Waals surface area contributed by atoms with E-state index in [-0.39, 0.29) is 5.69 Å². The van der Waals surface area contributed by atoms with Gasteiger partial charge in [0.15, 0.2) is 6.29 Å². The van der Waals surface area contributed by atoms with Crippen LogP contribution in [0, 0.1) is 10.1 Å². The van der Waals surface area contributed by atoms with Gasteiger partial charge in [0.1, 0.15) is 11.5 Å². The van der Waals surface area contributed by atoms with Gasteiger partial charge in [-0.2, -0.15) is 0 Å². The van der Waals surface area contributed by atoms with Crippen molar-refractivity contribution in [2.24, 2.45) is 0 Å². The number of hydrogen-bond acceptors (Lipinski definition) is 5. The van der Waals surface area contributed by atoms with E-state index in [1.54, 1.807) is 11.4 Å². The number of nitrogens with zero attached hydrogens (tertiary/aromatic N) is 1. The third-order valence-electron chi connectivity index (χ3n) is 2.00. The molecule has 86 valence electrons. The monoisotopic (exact) mass is 249 g/mol. The number of nitro benzene ring substituents is 1. The number of carbonyl (C=O) groups excluding carboxylic acids is 1. The van der Waals surface area contributed by atoms with Crippen molar-refractivity contribution in [2.75, 3.05) is 0 Å². The minimum absolute atomic E-state index is 0.0104. The number of nitro groups is 1. The van der Waals surface area contributed by atoms with Crippen molar-refractivity contribution in [2.45, 2.75) is 0 Å². The summed E-state index contributed by atoms with van der Waals surface area (Å²) in [4.78, 5) is 21.0. The maximum absolute atomic E-state index is 10.5. The molecule has 1 aromatic carbocycles. The highest BCUT2D eigenvalue weighted by Crippen LogP contribution is 2.27. The maximum atomic E-state index is 10.5. The molecule has 1 heterocycles. The molecular formula is C11H7NO4S. The molecule has 0 saturated heterocycles. The van der Waals surface area contributed by atoms with Crippen molar-refractivity contribution in [3.63, 3.8) is 0 Å². The third-order valence-corrected chi connectivity index (χ3v) is 2.83. The van der Waals surface area contributed by atoms with Crippen LogP contribution in [0.4, 0.5) is 5.69 Å². The van der Waals surface area contributed by atoms with E-state index >= 15 is 0 Å². The number of hydrogen-bond donors (Lipinski definition) is 0. The second-order valence-corrected chi connectivity index (χ2v) is 4.10. The second-order valence-electron chi connectivity index (χ2n) is 3.16. The Morgan fingerprint density at radius 2 is 1.94 bits per heavy atom. The summed E-state index contributed by atoms with van der Waals surface area (Å²) < 4.78 is 5.42. The second kappa shape index (κ2) is 4.75. The van der Waals surface area contributed by atoms with Crippen LogP contribution < -0.4 is 4.74 Å². The summed E-state index contributed by atoms with van der Waals surface area (Å²) in [7, 11) is 0. The van der Waals surface area contributed by atoms with Crippen LogP contribution in [-0.4, -0.2) is 11.2 Å². The number of ether oxygens (including phenoxy) is 1. The standard InChI is InChI=1S/C11H7NO4S/c13-6-11-5-10(7-17-11)16-9-3-1-8(2-4-9)12(14)15/h1-7H. The molecule has 0 unspecified atom stereocenters. The summed E-state index contributed by atoms with van der Waals surface area (Å²) in [5.41, 5.74) is 0.0104. The highest BCUT2D eigenvalue weighted by molar-refractivity contribution is 7.11. The summed E-state index contributed by atoms with van der Waals surface area (Å²) in [6.07, 6.45) is 0.743. The molecule has 5 nitrogen and oxygen atoms in total. The lowest BCUT2D eigenvalue weighted by Crippen LogP contribution is -1.87. The largest absolute Gasteiger partial charge is 0.456 e. The zero-order chi connectivity index (χ0) is 12.3. The number of thiophene rings is 1. The van der Waals surface area contributed by atoms with Gasteiger partial charge in [0.2, 0.25) is 0 Å². The molecule has 17 heavy (non-hydrogen) atoms. The number of benzene rings is 1. The molecule has 0 radical (unpaired) electrons. The van der Waals surface area contributed by atoms with Gasteiger partial charge in [0.05, 0.1) is 9.80 Å². The van der Waals surface area contributed by atoms with E-state index in [9.17, 15) is 14.9 Å². The fourth-order valence-electron chi connectivity index (χ4n) is 1.22. The Labute approximate surface area is 100 Å². The van der Waals surface area contributed by atoms with Crippen LogP contribution in [0.1, 0.15) is 9.67 Å². The molecule has 2 aromatic rings. The summed E-state index contributed by atoms with van der Waals surface area (Å²) in [6.45, 7) is 0. The van der Waals surface area contributed by atoms with Crippen molar-refractivity contribution < 1.29 is 14.5 Å². The topological polar surface area (TPSA) is 69.4 Å². The van der Waals surface area contributed by atoms with Crippen molar-refractivity contribution in [1.82, 2.24) is 0 Å². The maximum Gasteiger partial charge on any atom is 0.269 e. The molecule has 0 bridgehead atoms. The van der Waals surface area contributed by atoms with Crippen LogP contribution in [0.3, 0.4) is 0 Å². The van der Waals surface area contributed by atoms with Crippen molar-refractivity contribution in [3.05, 3.63) is 50.7 Å². The van der Waals surface area contributed by atoms with Crippen molar-refractivity contribution in [3.8, 4) is 11.5 Å². The predicted octanol–water partition coefficient (Wildman–Crippen LogP) is 3.26. The smallest absolute Gasteiger partial charge is 0.269 e. The Balaban J connectivity index is 2.13. The minimum Gasteiger partial charge on any atom is -0.456 e. The summed E-state index contributed by atoms with van der Waals surface area (Å²) >= 11 is 1.28. The van der Waals surface area contributed by atoms with Gasteiger partial charge in [0, 0.05) is 23.6 Å². The molecule has 0 atom stereocenters. The lowest BCUT2D eigenvalue weighted by atomic mass is 10.3. The molecular weight excluding hydrogens is 242 g/mol. The summed E-state index contributed by atoms with van der Waals surface area (Å²) in [6, 6.07) is 7.36. The Kier molecular flexibility index (Phi) is 3.15. The molecule has 2 rings (SSSR count). The van der Waals surface area contributed by atoms with Gasteiger partial charge in [-0.15, -0.1) is 11.3 Å². The number of carbonyl (C=O) groups is 1. The van der Waals surface area contributed by atoms with Gasteiger partial charge in [0.25, 0.3) is 5.69 Å². The quantitative estimate of drug-likeness (QED) is 0.473. The van der Waals surface area contributed by atoms with Crippen molar-refractivity contribution in [1.29, 1.82) is 0 Å². The van der Waals surface area contributed by atoms with Crippen LogP contribution in [0.5, 0.6) is 11.5 Å². The van der Waals surface area contributed by atoms with Crippen LogP contribution in [-0.2, 0) is 0 Å². The predicted molar refractivity (Wildman–Crippen MR) is 62.9 cm³/mol. The first-order valence-electron chi connectivity index (χ1n) is 4.65. The highest BCUT2D eigenvalue weighted by Gasteiger charge is 2.06. The van der Waals surface area contributed by atoms with E-state index in [1.807, 2.05) is 0 Å².